The molecule has 3 heteroatoms. The van der Waals surface area contributed by atoms with Gasteiger partial charge in [-0.3, -0.25) is 0 Å². The summed E-state index contributed by atoms with van der Waals surface area (Å²) in [6.45, 7) is 2.45. The summed E-state index contributed by atoms with van der Waals surface area (Å²) in [6, 6.07) is 0. The predicted octanol–water partition coefficient (Wildman–Crippen LogP) is 1.20. The molecule has 2 fully saturated rings. The van der Waals surface area contributed by atoms with Gasteiger partial charge in [0.2, 0.25) is 0 Å². The molecule has 0 atom stereocenters. The average Bonchev–Trinajstić information content (AvgIpc) is 2.30. The number of nitrogens with one attached hydrogen (secondary N) is 1. The third kappa shape index (κ3) is 1.53. The maximum Gasteiger partial charge on any atom is 0.0583 e. The van der Waals surface area contributed by atoms with Crippen LogP contribution in [0, 0.1) is 5.41 Å². The summed E-state index contributed by atoms with van der Waals surface area (Å²) in [7, 11) is 1.82. The summed E-state index contributed by atoms with van der Waals surface area (Å²) >= 11 is 0. The lowest BCUT2D eigenvalue weighted by molar-refractivity contribution is -0.0486. The van der Waals surface area contributed by atoms with Crippen molar-refractivity contribution in [2.75, 3.05) is 20.2 Å². The monoisotopic (exact) mass is 177 g/mol. The van der Waals surface area contributed by atoms with E-state index >= 15 is 0 Å². The standard InChI is InChI=1S/C8H15NO.ClH/c1-10-7-4-8(5-7)2-3-9-6-8;/h7,9H,2-6H2,1H3;1H. The Morgan fingerprint density at radius 1 is 1.45 bits per heavy atom. The van der Waals surface area contributed by atoms with Crippen molar-refractivity contribution in [2.45, 2.75) is 25.4 Å². The molecule has 0 radical (unpaired) electrons. The fraction of sp³-hybridized carbons (Fsp3) is 1.00. The summed E-state index contributed by atoms with van der Waals surface area (Å²) in [5, 5.41) is 3.40. The van der Waals surface area contributed by atoms with Crippen LogP contribution < -0.4 is 5.32 Å². The van der Waals surface area contributed by atoms with Crippen molar-refractivity contribution >= 4 is 12.4 Å². The smallest absolute Gasteiger partial charge is 0.0583 e. The molecule has 0 bridgehead atoms. The van der Waals surface area contributed by atoms with Crippen LogP contribution in [-0.4, -0.2) is 26.3 Å². The molecule has 66 valence electrons. The first kappa shape index (κ1) is 9.30. The zero-order valence-electron chi connectivity index (χ0n) is 6.93. The molecule has 0 aromatic rings. The van der Waals surface area contributed by atoms with Crippen molar-refractivity contribution in [1.82, 2.24) is 5.32 Å². The molecule has 1 aliphatic carbocycles. The molecular weight excluding hydrogens is 162 g/mol. The van der Waals surface area contributed by atoms with Crippen LogP contribution in [0.4, 0.5) is 0 Å². The molecule has 0 aromatic carbocycles. The normalized spacial score (nSPS) is 41.7. The molecule has 0 amide bonds. The number of methoxy groups -OCH3 is 1. The first-order valence-corrected chi connectivity index (χ1v) is 4.08. The van der Waals surface area contributed by atoms with E-state index in [1.54, 1.807) is 0 Å². The summed E-state index contributed by atoms with van der Waals surface area (Å²) in [5.41, 5.74) is 0.653. The largest absolute Gasteiger partial charge is 0.381 e. The number of halogens is 1. The minimum Gasteiger partial charge on any atom is -0.381 e. The van der Waals surface area contributed by atoms with Crippen molar-refractivity contribution in [2.24, 2.45) is 5.41 Å². The second-order valence-corrected chi connectivity index (χ2v) is 3.69. The van der Waals surface area contributed by atoms with Gasteiger partial charge < -0.3 is 10.1 Å². The van der Waals surface area contributed by atoms with E-state index in [2.05, 4.69) is 5.32 Å². The fourth-order valence-electron chi connectivity index (χ4n) is 2.22. The summed E-state index contributed by atoms with van der Waals surface area (Å²) < 4.78 is 5.25. The Labute approximate surface area is 74.1 Å². The average molecular weight is 178 g/mol. The zero-order valence-corrected chi connectivity index (χ0v) is 7.75. The quantitative estimate of drug-likeness (QED) is 0.650. The molecule has 1 heterocycles. The molecule has 1 saturated carbocycles. The summed E-state index contributed by atoms with van der Waals surface area (Å²) in [4.78, 5) is 0. The van der Waals surface area contributed by atoms with E-state index in [1.165, 1.54) is 32.4 Å². The number of hydrogen-bond acceptors (Lipinski definition) is 2. The van der Waals surface area contributed by atoms with E-state index in [1.807, 2.05) is 7.11 Å². The highest BCUT2D eigenvalue weighted by molar-refractivity contribution is 5.85. The van der Waals surface area contributed by atoms with Gasteiger partial charge in [0.05, 0.1) is 6.10 Å². The van der Waals surface area contributed by atoms with Gasteiger partial charge in [-0.2, -0.15) is 0 Å². The highest BCUT2D eigenvalue weighted by Crippen LogP contribution is 2.46. The van der Waals surface area contributed by atoms with Gasteiger partial charge in [0.1, 0.15) is 0 Å². The zero-order chi connectivity index (χ0) is 7.03. The molecule has 2 nitrogen and oxygen atoms in total. The van der Waals surface area contributed by atoms with E-state index < -0.39 is 0 Å². The number of ether oxygens (including phenoxy) is 1. The van der Waals surface area contributed by atoms with E-state index in [0.29, 0.717) is 11.5 Å². The van der Waals surface area contributed by atoms with Crippen LogP contribution >= 0.6 is 12.4 Å². The highest BCUT2D eigenvalue weighted by Gasteiger charge is 2.45. The molecular formula is C8H16ClNO. The van der Waals surface area contributed by atoms with Gasteiger partial charge in [-0.05, 0) is 31.2 Å². The van der Waals surface area contributed by atoms with Crippen LogP contribution in [0.2, 0.25) is 0 Å². The lowest BCUT2D eigenvalue weighted by Gasteiger charge is -2.43. The number of hydrogen-bond donors (Lipinski definition) is 1. The minimum absolute atomic E-state index is 0. The predicted molar refractivity (Wildman–Crippen MR) is 47.2 cm³/mol. The maximum absolute atomic E-state index is 5.25. The van der Waals surface area contributed by atoms with E-state index in [0.717, 1.165) is 0 Å². The maximum atomic E-state index is 5.25. The lowest BCUT2D eigenvalue weighted by Crippen LogP contribution is -2.43. The lowest BCUT2D eigenvalue weighted by atomic mass is 9.66. The first-order valence-electron chi connectivity index (χ1n) is 4.08. The highest BCUT2D eigenvalue weighted by atomic mass is 35.5. The molecule has 2 rings (SSSR count). The van der Waals surface area contributed by atoms with Gasteiger partial charge >= 0.3 is 0 Å². The van der Waals surface area contributed by atoms with Crippen molar-refractivity contribution in [3.05, 3.63) is 0 Å². The third-order valence-electron chi connectivity index (χ3n) is 2.99. The summed E-state index contributed by atoms with van der Waals surface area (Å²) in [5.74, 6) is 0. The summed E-state index contributed by atoms with van der Waals surface area (Å²) in [6.07, 6.45) is 4.51. The molecule has 11 heavy (non-hydrogen) atoms. The van der Waals surface area contributed by atoms with Gasteiger partial charge in [0, 0.05) is 13.7 Å². The van der Waals surface area contributed by atoms with Crippen LogP contribution in [0.1, 0.15) is 19.3 Å². The molecule has 1 spiro atoms. The van der Waals surface area contributed by atoms with Crippen LogP contribution in [-0.2, 0) is 4.74 Å². The van der Waals surface area contributed by atoms with Crippen LogP contribution in [0.25, 0.3) is 0 Å². The Balaban J connectivity index is 0.000000605. The third-order valence-corrected chi connectivity index (χ3v) is 2.99. The van der Waals surface area contributed by atoms with E-state index in [9.17, 15) is 0 Å². The van der Waals surface area contributed by atoms with Crippen LogP contribution in [0.3, 0.4) is 0 Å². The van der Waals surface area contributed by atoms with Gasteiger partial charge in [0.15, 0.2) is 0 Å². The Bertz CT molecular complexity index is 126. The Morgan fingerprint density at radius 2 is 2.18 bits per heavy atom. The minimum atomic E-state index is 0. The molecule has 0 unspecified atom stereocenters. The second kappa shape index (κ2) is 3.30. The number of rotatable bonds is 1. The Hall–Kier alpha value is 0.210. The van der Waals surface area contributed by atoms with Crippen molar-refractivity contribution in [3.8, 4) is 0 Å². The van der Waals surface area contributed by atoms with Gasteiger partial charge in [-0.25, -0.2) is 0 Å². The first-order chi connectivity index (χ1) is 4.85. The van der Waals surface area contributed by atoms with E-state index in [4.69, 9.17) is 4.74 Å². The Morgan fingerprint density at radius 3 is 2.64 bits per heavy atom. The second-order valence-electron chi connectivity index (χ2n) is 3.69. The van der Waals surface area contributed by atoms with Gasteiger partial charge in [-0.1, -0.05) is 0 Å². The van der Waals surface area contributed by atoms with Crippen LogP contribution in [0.5, 0.6) is 0 Å². The van der Waals surface area contributed by atoms with Crippen molar-refractivity contribution < 1.29 is 4.74 Å². The van der Waals surface area contributed by atoms with Crippen molar-refractivity contribution in [3.63, 3.8) is 0 Å². The molecule has 1 N–H and O–H groups in total. The van der Waals surface area contributed by atoms with Crippen LogP contribution in [0.15, 0.2) is 0 Å². The molecule has 0 aromatic heterocycles. The SMILES string of the molecule is COC1CC2(CCNC2)C1.Cl. The Kier molecular flexibility index (Phi) is 2.79. The molecule has 1 saturated heterocycles. The van der Waals surface area contributed by atoms with Gasteiger partial charge in [0.25, 0.3) is 0 Å². The molecule has 1 aliphatic heterocycles. The van der Waals surface area contributed by atoms with Crippen molar-refractivity contribution in [1.29, 1.82) is 0 Å². The fourth-order valence-corrected chi connectivity index (χ4v) is 2.22. The van der Waals surface area contributed by atoms with Gasteiger partial charge in [-0.15, -0.1) is 12.4 Å². The topological polar surface area (TPSA) is 21.3 Å². The van der Waals surface area contributed by atoms with E-state index in [-0.39, 0.29) is 12.4 Å². The molecule has 2 aliphatic rings.